The number of aromatic nitrogens is 2. The molecule has 0 bridgehead atoms. The Hall–Kier alpha value is -2.42. The molecule has 19 heavy (non-hydrogen) atoms. The predicted molar refractivity (Wildman–Crippen MR) is 74.6 cm³/mol. The van der Waals surface area contributed by atoms with Gasteiger partial charge in [-0.15, -0.1) is 5.10 Å². The second kappa shape index (κ2) is 4.69. The molecule has 0 N–H and O–H groups in total. The Bertz CT molecular complexity index is 656. The van der Waals surface area contributed by atoms with Crippen molar-refractivity contribution in [3.8, 4) is 22.6 Å². The smallest absolute Gasteiger partial charge is 0.195 e. The van der Waals surface area contributed by atoms with E-state index in [0.717, 1.165) is 33.7 Å². The number of aryl methyl sites for hydroxylation is 2. The third-order valence-electron chi connectivity index (χ3n) is 3.28. The lowest BCUT2D eigenvalue weighted by molar-refractivity contribution is 0.403. The Morgan fingerprint density at radius 2 is 1.37 bits per heavy atom. The van der Waals surface area contributed by atoms with E-state index in [1.54, 1.807) is 0 Å². The molecule has 0 aliphatic carbocycles. The highest BCUT2D eigenvalue weighted by Crippen LogP contribution is 2.33. The average molecular weight is 250 g/mol. The number of rotatable bonds is 2. The summed E-state index contributed by atoms with van der Waals surface area (Å²) in [6, 6.07) is 16.2. The lowest BCUT2D eigenvalue weighted by Crippen LogP contribution is -1.87. The monoisotopic (exact) mass is 250 g/mol. The van der Waals surface area contributed by atoms with Gasteiger partial charge in [-0.25, -0.2) is 0 Å². The van der Waals surface area contributed by atoms with Crippen molar-refractivity contribution in [2.45, 2.75) is 13.8 Å². The van der Waals surface area contributed by atoms with Crippen LogP contribution in [-0.4, -0.2) is 10.4 Å². The minimum absolute atomic E-state index is 0.729. The molecule has 0 spiro atoms. The van der Waals surface area contributed by atoms with Gasteiger partial charge in [-0.3, -0.25) is 0 Å². The molecule has 0 atom stereocenters. The van der Waals surface area contributed by atoms with E-state index in [-0.39, 0.29) is 0 Å². The minimum atomic E-state index is 0.729. The molecule has 3 rings (SSSR count). The van der Waals surface area contributed by atoms with E-state index < -0.39 is 0 Å². The van der Waals surface area contributed by atoms with Crippen molar-refractivity contribution in [3.05, 3.63) is 59.7 Å². The third kappa shape index (κ3) is 2.03. The van der Waals surface area contributed by atoms with Crippen LogP contribution in [0.2, 0.25) is 0 Å². The summed E-state index contributed by atoms with van der Waals surface area (Å²) < 4.78 is 5.38. The van der Waals surface area contributed by atoms with Gasteiger partial charge < -0.3 is 4.52 Å². The Morgan fingerprint density at radius 1 is 0.789 bits per heavy atom. The summed E-state index contributed by atoms with van der Waals surface area (Å²) in [6.07, 6.45) is 0. The second-order valence-electron chi connectivity index (χ2n) is 4.58. The van der Waals surface area contributed by atoms with E-state index in [1.165, 1.54) is 0 Å². The van der Waals surface area contributed by atoms with Gasteiger partial charge in [-0.2, -0.15) is 0 Å². The predicted octanol–water partition coefficient (Wildman–Crippen LogP) is 4.02. The van der Waals surface area contributed by atoms with E-state index in [9.17, 15) is 0 Å². The largest absolute Gasteiger partial charge is 0.336 e. The summed E-state index contributed by atoms with van der Waals surface area (Å²) in [6.45, 7) is 4.12. The average Bonchev–Trinajstić information content (AvgIpc) is 2.89. The number of hydrogen-bond acceptors (Lipinski definition) is 3. The number of benzene rings is 2. The SMILES string of the molecule is Cc1ccccc1-c1nnoc1-c1ccccc1C. The molecule has 0 saturated carbocycles. The minimum Gasteiger partial charge on any atom is -0.336 e. The summed E-state index contributed by atoms with van der Waals surface area (Å²) in [5.74, 6) is 0.729. The Balaban J connectivity index is 2.20. The summed E-state index contributed by atoms with van der Waals surface area (Å²) in [7, 11) is 0. The highest BCUT2D eigenvalue weighted by atomic mass is 16.5. The zero-order chi connectivity index (χ0) is 13.2. The van der Waals surface area contributed by atoms with E-state index in [0.29, 0.717) is 0 Å². The number of hydrogen-bond donors (Lipinski definition) is 0. The van der Waals surface area contributed by atoms with Crippen LogP contribution in [0.1, 0.15) is 11.1 Å². The van der Waals surface area contributed by atoms with E-state index >= 15 is 0 Å². The van der Waals surface area contributed by atoms with Crippen molar-refractivity contribution >= 4 is 0 Å². The van der Waals surface area contributed by atoms with Crippen LogP contribution in [0.5, 0.6) is 0 Å². The Morgan fingerprint density at radius 3 is 2.00 bits per heavy atom. The normalized spacial score (nSPS) is 10.6. The summed E-state index contributed by atoms with van der Waals surface area (Å²) in [5.41, 5.74) is 5.20. The van der Waals surface area contributed by atoms with E-state index in [4.69, 9.17) is 4.52 Å². The Kier molecular flexibility index (Phi) is 2.88. The molecular weight excluding hydrogens is 236 g/mol. The molecule has 1 aromatic heterocycles. The van der Waals surface area contributed by atoms with Crippen LogP contribution in [0.25, 0.3) is 22.6 Å². The van der Waals surface area contributed by atoms with Crippen LogP contribution < -0.4 is 0 Å². The first kappa shape index (κ1) is 11.7. The molecule has 94 valence electrons. The molecule has 0 fully saturated rings. The highest BCUT2D eigenvalue weighted by Gasteiger charge is 2.17. The molecule has 0 amide bonds. The van der Waals surface area contributed by atoms with Gasteiger partial charge in [0, 0.05) is 16.4 Å². The van der Waals surface area contributed by atoms with Crippen molar-refractivity contribution in [1.29, 1.82) is 0 Å². The zero-order valence-electron chi connectivity index (χ0n) is 10.9. The quantitative estimate of drug-likeness (QED) is 0.689. The van der Waals surface area contributed by atoms with Gasteiger partial charge in [0.05, 0.1) is 0 Å². The van der Waals surface area contributed by atoms with Crippen LogP contribution in [0.4, 0.5) is 0 Å². The standard InChI is InChI=1S/C16H14N2O/c1-11-7-3-5-9-13(11)15-16(19-18-17-15)14-10-6-4-8-12(14)2/h3-10H,1-2H3. The molecule has 0 aliphatic heterocycles. The van der Waals surface area contributed by atoms with E-state index in [2.05, 4.69) is 36.4 Å². The summed E-state index contributed by atoms with van der Waals surface area (Å²) in [5, 5.41) is 7.88. The van der Waals surface area contributed by atoms with Crippen molar-refractivity contribution in [2.75, 3.05) is 0 Å². The van der Waals surface area contributed by atoms with Crippen molar-refractivity contribution in [3.63, 3.8) is 0 Å². The molecule has 3 nitrogen and oxygen atoms in total. The van der Waals surface area contributed by atoms with Crippen LogP contribution in [0.15, 0.2) is 53.1 Å². The molecule has 0 aliphatic rings. The first-order chi connectivity index (χ1) is 9.27. The van der Waals surface area contributed by atoms with Gasteiger partial charge in [-0.05, 0) is 25.0 Å². The molecule has 3 heteroatoms. The van der Waals surface area contributed by atoms with Crippen LogP contribution >= 0.6 is 0 Å². The first-order valence-electron chi connectivity index (χ1n) is 6.22. The fourth-order valence-electron chi connectivity index (χ4n) is 2.21. The van der Waals surface area contributed by atoms with Crippen LogP contribution in [0, 0.1) is 13.8 Å². The molecule has 0 radical (unpaired) electrons. The molecule has 1 heterocycles. The van der Waals surface area contributed by atoms with Crippen molar-refractivity contribution in [1.82, 2.24) is 10.4 Å². The van der Waals surface area contributed by atoms with Crippen LogP contribution in [0.3, 0.4) is 0 Å². The molecular formula is C16H14N2O. The zero-order valence-corrected chi connectivity index (χ0v) is 10.9. The summed E-state index contributed by atoms with van der Waals surface area (Å²) in [4.78, 5) is 0. The lowest BCUT2D eigenvalue weighted by atomic mass is 9.99. The maximum Gasteiger partial charge on any atom is 0.195 e. The molecule has 2 aromatic carbocycles. The number of nitrogens with zero attached hydrogens (tertiary/aromatic N) is 2. The maximum absolute atomic E-state index is 5.38. The van der Waals surface area contributed by atoms with Crippen LogP contribution in [-0.2, 0) is 0 Å². The van der Waals surface area contributed by atoms with Crippen molar-refractivity contribution < 1.29 is 4.52 Å². The van der Waals surface area contributed by atoms with Gasteiger partial charge in [-0.1, -0.05) is 48.5 Å². The first-order valence-corrected chi connectivity index (χ1v) is 6.22. The van der Waals surface area contributed by atoms with E-state index in [1.807, 2.05) is 36.4 Å². The Labute approximate surface area is 111 Å². The topological polar surface area (TPSA) is 38.9 Å². The van der Waals surface area contributed by atoms with Gasteiger partial charge >= 0.3 is 0 Å². The molecule has 3 aromatic rings. The van der Waals surface area contributed by atoms with Crippen molar-refractivity contribution in [2.24, 2.45) is 0 Å². The van der Waals surface area contributed by atoms with Gasteiger partial charge in [0.15, 0.2) is 5.76 Å². The highest BCUT2D eigenvalue weighted by molar-refractivity contribution is 5.79. The van der Waals surface area contributed by atoms with Gasteiger partial charge in [0.1, 0.15) is 5.69 Å². The third-order valence-corrected chi connectivity index (χ3v) is 3.28. The van der Waals surface area contributed by atoms with Gasteiger partial charge in [0.2, 0.25) is 0 Å². The fraction of sp³-hybridized carbons (Fsp3) is 0.125. The molecule has 0 saturated heterocycles. The summed E-state index contributed by atoms with van der Waals surface area (Å²) >= 11 is 0. The lowest BCUT2D eigenvalue weighted by Gasteiger charge is -2.05. The fourth-order valence-corrected chi connectivity index (χ4v) is 2.21. The maximum atomic E-state index is 5.38. The second-order valence-corrected chi connectivity index (χ2v) is 4.58. The van der Waals surface area contributed by atoms with Gasteiger partial charge in [0.25, 0.3) is 0 Å². The molecule has 0 unspecified atom stereocenters.